The normalized spacial score (nSPS) is 13.6. The van der Waals surface area contributed by atoms with Crippen LogP contribution in [-0.2, 0) is 14.3 Å². The van der Waals surface area contributed by atoms with Crippen LogP contribution in [0.4, 0.5) is 0 Å². The number of carbonyl (C=O) groups is 2. The van der Waals surface area contributed by atoms with Crippen molar-refractivity contribution in [3.63, 3.8) is 0 Å². The van der Waals surface area contributed by atoms with Crippen LogP contribution in [0, 0.1) is 0 Å². The third kappa shape index (κ3) is 6.40. The van der Waals surface area contributed by atoms with Crippen molar-refractivity contribution in [3.05, 3.63) is 0 Å². The lowest BCUT2D eigenvalue weighted by molar-refractivity contribution is -0.160. The lowest BCUT2D eigenvalue weighted by atomic mass is 10.1. The van der Waals surface area contributed by atoms with Gasteiger partial charge in [-0.15, -0.1) is 0 Å². The molecular weight excluding hydrogens is 210 g/mol. The lowest BCUT2D eigenvalue weighted by Crippen LogP contribution is -2.40. The van der Waals surface area contributed by atoms with E-state index in [1.54, 1.807) is 39.8 Å². The zero-order chi connectivity index (χ0) is 12.9. The molecule has 0 spiro atoms. The van der Waals surface area contributed by atoms with E-state index in [1.807, 2.05) is 0 Å². The Labute approximate surface area is 96.4 Å². The topological polar surface area (TPSA) is 66.8 Å². The summed E-state index contributed by atoms with van der Waals surface area (Å²) >= 11 is 0. The van der Waals surface area contributed by atoms with Crippen LogP contribution in [0.15, 0.2) is 0 Å². The highest BCUT2D eigenvalue weighted by molar-refractivity contribution is 5.77. The molecule has 0 aliphatic rings. The van der Waals surface area contributed by atoms with Gasteiger partial charge in [0.2, 0.25) is 0 Å². The van der Waals surface area contributed by atoms with Crippen molar-refractivity contribution in [2.75, 3.05) is 14.1 Å². The molecule has 0 radical (unpaired) electrons. The lowest BCUT2D eigenvalue weighted by Gasteiger charge is -2.27. The molecule has 5 nitrogen and oxygen atoms in total. The fraction of sp³-hybridized carbons (Fsp3) is 0.818. The Hall–Kier alpha value is -1.10. The van der Waals surface area contributed by atoms with Crippen molar-refractivity contribution >= 4 is 11.9 Å². The van der Waals surface area contributed by atoms with Crippen LogP contribution < -0.4 is 0 Å². The fourth-order valence-electron chi connectivity index (χ4n) is 1.22. The minimum Gasteiger partial charge on any atom is -0.481 e. The Morgan fingerprint density at radius 2 is 1.81 bits per heavy atom. The van der Waals surface area contributed by atoms with Crippen molar-refractivity contribution in [2.45, 2.75) is 45.3 Å². The molecule has 0 aromatic rings. The number of esters is 1. The maximum Gasteiger partial charge on any atom is 0.323 e. The van der Waals surface area contributed by atoms with Crippen LogP contribution in [-0.4, -0.2) is 47.7 Å². The summed E-state index contributed by atoms with van der Waals surface area (Å²) in [6.07, 6.45) is 0.222. The summed E-state index contributed by atoms with van der Waals surface area (Å²) < 4.78 is 5.22. The highest BCUT2D eigenvalue weighted by atomic mass is 16.6. The van der Waals surface area contributed by atoms with Gasteiger partial charge in [-0.05, 0) is 41.3 Å². The molecule has 16 heavy (non-hydrogen) atoms. The van der Waals surface area contributed by atoms with Crippen LogP contribution in [0.5, 0.6) is 0 Å². The van der Waals surface area contributed by atoms with E-state index in [0.717, 1.165) is 0 Å². The average Bonchev–Trinajstić information content (AvgIpc) is 1.98. The van der Waals surface area contributed by atoms with Crippen molar-refractivity contribution in [2.24, 2.45) is 0 Å². The van der Waals surface area contributed by atoms with E-state index in [2.05, 4.69) is 0 Å². The number of carboxylic acids is 1. The minimum atomic E-state index is -0.907. The first kappa shape index (κ1) is 14.9. The zero-order valence-corrected chi connectivity index (χ0v) is 10.6. The molecule has 0 heterocycles. The third-order valence-electron chi connectivity index (χ3n) is 1.93. The van der Waals surface area contributed by atoms with E-state index in [4.69, 9.17) is 9.84 Å². The Kier molecular flexibility index (Phi) is 5.44. The first-order valence-corrected chi connectivity index (χ1v) is 5.24. The summed E-state index contributed by atoms with van der Waals surface area (Å²) in [6, 6.07) is -0.504. The van der Waals surface area contributed by atoms with Crippen LogP contribution in [0.25, 0.3) is 0 Å². The third-order valence-corrected chi connectivity index (χ3v) is 1.93. The van der Waals surface area contributed by atoms with E-state index >= 15 is 0 Å². The predicted molar refractivity (Wildman–Crippen MR) is 60.2 cm³/mol. The maximum atomic E-state index is 11.8. The Bertz CT molecular complexity index is 255. The predicted octanol–water partition coefficient (Wildman–Crippen LogP) is 1.12. The summed E-state index contributed by atoms with van der Waals surface area (Å²) in [5, 5.41) is 8.59. The van der Waals surface area contributed by atoms with Gasteiger partial charge in [0.25, 0.3) is 0 Å². The van der Waals surface area contributed by atoms with Crippen molar-refractivity contribution in [1.82, 2.24) is 4.90 Å². The molecule has 0 amide bonds. The zero-order valence-electron chi connectivity index (χ0n) is 10.6. The molecule has 0 aromatic carbocycles. The summed E-state index contributed by atoms with van der Waals surface area (Å²) in [4.78, 5) is 23.9. The summed E-state index contributed by atoms with van der Waals surface area (Å²) in [6.45, 7) is 5.36. The number of likely N-dealkylation sites (N-methyl/N-ethyl adjacent to an activating group) is 1. The largest absolute Gasteiger partial charge is 0.481 e. The summed E-state index contributed by atoms with van der Waals surface area (Å²) in [5.41, 5.74) is -0.547. The van der Waals surface area contributed by atoms with Crippen LogP contribution >= 0.6 is 0 Å². The average molecular weight is 231 g/mol. The minimum absolute atomic E-state index is 0.0396. The van der Waals surface area contributed by atoms with Gasteiger partial charge >= 0.3 is 11.9 Å². The molecule has 0 aliphatic heterocycles. The Morgan fingerprint density at radius 3 is 2.12 bits per heavy atom. The van der Waals surface area contributed by atoms with E-state index in [1.165, 1.54) is 0 Å². The maximum absolute atomic E-state index is 11.8. The van der Waals surface area contributed by atoms with Crippen molar-refractivity contribution < 1.29 is 19.4 Å². The highest BCUT2D eigenvalue weighted by Gasteiger charge is 2.27. The molecule has 1 N–H and O–H groups in total. The van der Waals surface area contributed by atoms with Gasteiger partial charge in [0.05, 0.1) is 0 Å². The number of hydrogen-bond acceptors (Lipinski definition) is 4. The molecule has 0 saturated heterocycles. The van der Waals surface area contributed by atoms with E-state index in [9.17, 15) is 9.59 Å². The van der Waals surface area contributed by atoms with Crippen LogP contribution in [0.3, 0.4) is 0 Å². The van der Waals surface area contributed by atoms with Crippen molar-refractivity contribution in [3.8, 4) is 0 Å². The Morgan fingerprint density at radius 1 is 1.31 bits per heavy atom. The molecular formula is C11H21NO4. The standard InChI is InChI=1S/C11H21NO4/c1-11(2,3)16-10(15)8(12(4)5)6-7-9(13)14/h8H,6-7H2,1-5H3,(H,13,14)/t8-/m1/s1. The smallest absolute Gasteiger partial charge is 0.323 e. The molecule has 0 rings (SSSR count). The number of carbonyl (C=O) groups excluding carboxylic acids is 1. The van der Waals surface area contributed by atoms with Gasteiger partial charge in [0.1, 0.15) is 11.6 Å². The number of ether oxygens (including phenoxy) is 1. The number of hydrogen-bond donors (Lipinski definition) is 1. The first-order valence-electron chi connectivity index (χ1n) is 5.24. The van der Waals surface area contributed by atoms with Gasteiger partial charge in [0.15, 0.2) is 0 Å². The molecule has 0 bridgehead atoms. The quantitative estimate of drug-likeness (QED) is 0.718. The van der Waals surface area contributed by atoms with Gasteiger partial charge in [-0.2, -0.15) is 0 Å². The monoisotopic (exact) mass is 231 g/mol. The molecule has 94 valence electrons. The SMILES string of the molecule is CN(C)[C@H](CCC(=O)O)C(=O)OC(C)(C)C. The first-order chi connectivity index (χ1) is 7.13. The molecule has 0 fully saturated rings. The summed E-state index contributed by atoms with van der Waals surface area (Å²) in [7, 11) is 3.47. The molecule has 0 aliphatic carbocycles. The Balaban J connectivity index is 4.42. The molecule has 0 saturated carbocycles. The van der Waals surface area contributed by atoms with E-state index in [-0.39, 0.29) is 18.8 Å². The molecule has 1 atom stereocenters. The van der Waals surface area contributed by atoms with Gasteiger partial charge in [-0.3, -0.25) is 14.5 Å². The van der Waals surface area contributed by atoms with Crippen molar-refractivity contribution in [1.29, 1.82) is 0 Å². The number of rotatable bonds is 5. The summed E-state index contributed by atoms with van der Waals surface area (Å²) in [5.74, 6) is -1.28. The van der Waals surface area contributed by atoms with Gasteiger partial charge in [0, 0.05) is 6.42 Å². The fourth-order valence-corrected chi connectivity index (χ4v) is 1.22. The number of carboxylic acid groups (broad SMARTS) is 1. The molecule has 5 heteroatoms. The highest BCUT2D eigenvalue weighted by Crippen LogP contribution is 2.13. The second-order valence-electron chi connectivity index (χ2n) is 4.95. The molecule has 0 aromatic heterocycles. The second kappa shape index (κ2) is 5.84. The van der Waals surface area contributed by atoms with E-state index < -0.39 is 17.6 Å². The van der Waals surface area contributed by atoms with Crippen LogP contribution in [0.1, 0.15) is 33.6 Å². The van der Waals surface area contributed by atoms with Crippen LogP contribution in [0.2, 0.25) is 0 Å². The number of aliphatic carboxylic acids is 1. The van der Waals surface area contributed by atoms with E-state index in [0.29, 0.717) is 0 Å². The second-order valence-corrected chi connectivity index (χ2v) is 4.95. The van der Waals surface area contributed by atoms with Gasteiger partial charge < -0.3 is 9.84 Å². The van der Waals surface area contributed by atoms with Gasteiger partial charge in [-0.1, -0.05) is 0 Å². The molecule has 0 unspecified atom stereocenters. The number of nitrogens with zero attached hydrogens (tertiary/aromatic N) is 1. The van der Waals surface area contributed by atoms with Gasteiger partial charge in [-0.25, -0.2) is 0 Å².